The van der Waals surface area contributed by atoms with E-state index in [1.165, 1.54) is 0 Å². The minimum Gasteiger partial charge on any atom is -0.494 e. The molecule has 0 N–H and O–H groups in total. The van der Waals surface area contributed by atoms with Crippen LogP contribution in [0.25, 0.3) is 0 Å². The molecule has 0 saturated heterocycles. The first-order chi connectivity index (χ1) is 9.76. The van der Waals surface area contributed by atoms with Gasteiger partial charge < -0.3 is 9.64 Å². The summed E-state index contributed by atoms with van der Waals surface area (Å²) in [6.07, 6.45) is 3.86. The van der Waals surface area contributed by atoms with Crippen LogP contribution in [-0.2, 0) is 0 Å². The highest BCUT2D eigenvalue weighted by atomic mass is 32.1. The summed E-state index contributed by atoms with van der Waals surface area (Å²) in [5.41, 5.74) is 1.05. The van der Waals surface area contributed by atoms with E-state index in [1.807, 2.05) is 29.2 Å². The molecule has 1 heterocycles. The largest absolute Gasteiger partial charge is 0.494 e. The van der Waals surface area contributed by atoms with Crippen LogP contribution in [0.4, 0.5) is 0 Å². The van der Waals surface area contributed by atoms with Gasteiger partial charge in [-0.3, -0.25) is 0 Å². The van der Waals surface area contributed by atoms with E-state index < -0.39 is 0 Å². The second-order valence-electron chi connectivity index (χ2n) is 4.58. The van der Waals surface area contributed by atoms with Crippen LogP contribution < -0.4 is 4.74 Å². The fourth-order valence-corrected chi connectivity index (χ4v) is 2.18. The molecule has 20 heavy (non-hydrogen) atoms. The summed E-state index contributed by atoms with van der Waals surface area (Å²) in [6, 6.07) is 7.95. The Morgan fingerprint density at radius 1 is 1.40 bits per heavy atom. The second kappa shape index (κ2) is 7.14. The fraction of sp³-hybridized carbons (Fsp3) is 0.400. The first-order valence-electron chi connectivity index (χ1n) is 6.81. The van der Waals surface area contributed by atoms with Crippen LogP contribution in [0.2, 0.25) is 0 Å². The first kappa shape index (κ1) is 14.7. The summed E-state index contributed by atoms with van der Waals surface area (Å²) < 4.78 is 5.65. The number of nitrogens with zero attached hydrogens (tertiary/aromatic N) is 3. The molecule has 0 fully saturated rings. The lowest BCUT2D eigenvalue weighted by Crippen LogP contribution is -2.27. The quantitative estimate of drug-likeness (QED) is 0.431. The molecule has 0 aliphatic carbocycles. The van der Waals surface area contributed by atoms with Crippen molar-refractivity contribution in [2.45, 2.75) is 25.9 Å². The number of rotatable bonds is 7. The van der Waals surface area contributed by atoms with Crippen molar-refractivity contribution < 1.29 is 4.74 Å². The number of thiocarbonyl (C=S) groups is 1. The van der Waals surface area contributed by atoms with Gasteiger partial charge in [-0.2, -0.15) is 5.11 Å². The van der Waals surface area contributed by atoms with Crippen molar-refractivity contribution in [1.82, 2.24) is 4.90 Å². The third-order valence-corrected chi connectivity index (χ3v) is 3.38. The minimum absolute atomic E-state index is 0.148. The summed E-state index contributed by atoms with van der Waals surface area (Å²) >= 11 is 5.17. The number of hydrogen-bond donors (Lipinski definition) is 0. The van der Waals surface area contributed by atoms with Crippen molar-refractivity contribution >= 4 is 17.3 Å². The van der Waals surface area contributed by atoms with Crippen LogP contribution in [0, 0.1) is 0 Å². The van der Waals surface area contributed by atoms with Crippen LogP contribution in [0.5, 0.6) is 5.75 Å². The molecule has 1 aromatic rings. The van der Waals surface area contributed by atoms with Crippen molar-refractivity contribution in [3.63, 3.8) is 0 Å². The van der Waals surface area contributed by atoms with E-state index in [9.17, 15) is 0 Å². The van der Waals surface area contributed by atoms with E-state index in [1.54, 1.807) is 6.08 Å². The van der Waals surface area contributed by atoms with E-state index in [4.69, 9.17) is 17.0 Å². The van der Waals surface area contributed by atoms with Gasteiger partial charge in [0.1, 0.15) is 5.75 Å². The third-order valence-electron chi connectivity index (χ3n) is 3.06. The molecule has 4 nitrogen and oxygen atoms in total. The van der Waals surface area contributed by atoms with Gasteiger partial charge >= 0.3 is 0 Å². The fourth-order valence-electron chi connectivity index (χ4n) is 1.96. The Kier molecular flexibility index (Phi) is 5.24. The molecule has 0 bridgehead atoms. The summed E-state index contributed by atoms with van der Waals surface area (Å²) in [7, 11) is 0. The SMILES string of the molecule is C=CCN1C(=S)N=NC1c1ccc(OCCCC)cc1. The average molecular weight is 289 g/mol. The number of hydrogen-bond acceptors (Lipinski definition) is 3. The van der Waals surface area contributed by atoms with Gasteiger partial charge in [-0.05, 0) is 36.3 Å². The Bertz CT molecular complexity index is 498. The zero-order valence-corrected chi connectivity index (χ0v) is 12.5. The highest BCUT2D eigenvalue weighted by molar-refractivity contribution is 7.80. The maximum atomic E-state index is 5.65. The van der Waals surface area contributed by atoms with Crippen molar-refractivity contribution in [3.05, 3.63) is 42.5 Å². The molecular formula is C15H19N3OS. The smallest absolute Gasteiger partial charge is 0.218 e. The van der Waals surface area contributed by atoms with Gasteiger partial charge in [-0.1, -0.05) is 31.6 Å². The molecule has 1 aliphatic heterocycles. The third kappa shape index (κ3) is 3.42. The van der Waals surface area contributed by atoms with Crippen LogP contribution >= 0.6 is 12.2 Å². The minimum atomic E-state index is -0.148. The lowest BCUT2D eigenvalue weighted by Gasteiger charge is -2.21. The summed E-state index contributed by atoms with van der Waals surface area (Å²) in [6.45, 7) is 7.29. The molecule has 0 saturated carbocycles. The van der Waals surface area contributed by atoms with Crippen LogP contribution in [0.15, 0.2) is 47.1 Å². The molecule has 1 aliphatic rings. The molecule has 0 amide bonds. The van der Waals surface area contributed by atoms with E-state index >= 15 is 0 Å². The molecule has 0 spiro atoms. The standard InChI is InChI=1S/C15H19N3OS/c1-3-5-11-19-13-8-6-12(7-9-13)14-16-17-15(20)18(14)10-4-2/h4,6-9,14H,2-3,5,10-11H2,1H3. The first-order valence-corrected chi connectivity index (χ1v) is 7.22. The van der Waals surface area contributed by atoms with Crippen LogP contribution in [0.3, 0.4) is 0 Å². The highest BCUT2D eigenvalue weighted by Crippen LogP contribution is 2.29. The Labute approximate surface area is 125 Å². The Hall–Kier alpha value is -1.75. The number of azo groups is 1. The van der Waals surface area contributed by atoms with Gasteiger partial charge in [-0.25, -0.2) is 0 Å². The maximum Gasteiger partial charge on any atom is 0.218 e. The van der Waals surface area contributed by atoms with Crippen molar-refractivity contribution in [3.8, 4) is 5.75 Å². The molecular weight excluding hydrogens is 270 g/mol. The lowest BCUT2D eigenvalue weighted by atomic mass is 10.1. The lowest BCUT2D eigenvalue weighted by molar-refractivity contribution is 0.309. The monoisotopic (exact) mass is 289 g/mol. The molecule has 1 unspecified atom stereocenters. The molecule has 5 heteroatoms. The van der Waals surface area contributed by atoms with Gasteiger partial charge in [0.2, 0.25) is 5.11 Å². The Balaban J connectivity index is 2.03. The molecule has 0 aromatic heterocycles. The summed E-state index contributed by atoms with van der Waals surface area (Å²) in [5, 5.41) is 8.71. The average Bonchev–Trinajstić information content (AvgIpc) is 2.82. The number of unbranched alkanes of at least 4 members (excludes halogenated alkanes) is 1. The summed E-state index contributed by atoms with van der Waals surface area (Å²) in [4.78, 5) is 1.94. The Morgan fingerprint density at radius 2 is 2.15 bits per heavy atom. The second-order valence-corrected chi connectivity index (χ2v) is 4.95. The van der Waals surface area contributed by atoms with Crippen LogP contribution in [0.1, 0.15) is 31.5 Å². The van der Waals surface area contributed by atoms with Gasteiger partial charge in [0.15, 0.2) is 6.17 Å². The van der Waals surface area contributed by atoms with Gasteiger partial charge in [-0.15, -0.1) is 11.7 Å². The predicted molar refractivity (Wildman–Crippen MR) is 83.9 cm³/mol. The molecule has 106 valence electrons. The van der Waals surface area contributed by atoms with E-state index in [0.29, 0.717) is 11.7 Å². The molecule has 1 atom stereocenters. The van der Waals surface area contributed by atoms with Crippen molar-refractivity contribution in [1.29, 1.82) is 0 Å². The summed E-state index contributed by atoms with van der Waals surface area (Å²) in [5.74, 6) is 0.884. The van der Waals surface area contributed by atoms with Gasteiger partial charge in [0.25, 0.3) is 0 Å². The maximum absolute atomic E-state index is 5.65. The van der Waals surface area contributed by atoms with E-state index in [-0.39, 0.29) is 6.17 Å². The predicted octanol–water partition coefficient (Wildman–Crippen LogP) is 4.10. The van der Waals surface area contributed by atoms with E-state index in [2.05, 4.69) is 23.7 Å². The normalized spacial score (nSPS) is 17.6. The van der Waals surface area contributed by atoms with Gasteiger partial charge in [0, 0.05) is 6.54 Å². The molecule has 2 rings (SSSR count). The number of benzene rings is 1. The van der Waals surface area contributed by atoms with Crippen molar-refractivity contribution in [2.24, 2.45) is 10.2 Å². The zero-order valence-electron chi connectivity index (χ0n) is 11.7. The molecule has 1 aromatic carbocycles. The van der Waals surface area contributed by atoms with Crippen LogP contribution in [-0.4, -0.2) is 23.2 Å². The zero-order chi connectivity index (χ0) is 14.4. The molecule has 0 radical (unpaired) electrons. The van der Waals surface area contributed by atoms with Gasteiger partial charge in [0.05, 0.1) is 6.61 Å². The highest BCUT2D eigenvalue weighted by Gasteiger charge is 2.26. The van der Waals surface area contributed by atoms with E-state index in [0.717, 1.165) is 30.8 Å². The topological polar surface area (TPSA) is 37.2 Å². The Morgan fingerprint density at radius 3 is 2.80 bits per heavy atom. The number of ether oxygens (including phenoxy) is 1. The van der Waals surface area contributed by atoms with Crippen molar-refractivity contribution in [2.75, 3.05) is 13.2 Å².